The molecule has 0 bridgehead atoms. The minimum Gasteiger partial charge on any atom is -0.345 e. The first-order chi connectivity index (χ1) is 8.33. The van der Waals surface area contributed by atoms with E-state index in [-0.39, 0.29) is 0 Å². The predicted octanol–water partition coefficient (Wildman–Crippen LogP) is 2.69. The number of piperazine rings is 1. The van der Waals surface area contributed by atoms with E-state index < -0.39 is 0 Å². The molecule has 1 aliphatic rings. The molecule has 3 rings (SSSR count). The molecule has 0 aromatic carbocycles. The molecule has 4 nitrogen and oxygen atoms in total. The lowest BCUT2D eigenvalue weighted by molar-refractivity contribution is 0.650. The molecule has 0 radical (unpaired) electrons. The zero-order chi connectivity index (χ0) is 11.7. The van der Waals surface area contributed by atoms with Crippen LogP contribution in [0.4, 0.5) is 10.3 Å². The first-order valence-corrected chi connectivity index (χ1v) is 7.88. The Morgan fingerprint density at radius 3 is 2.29 bits per heavy atom. The van der Waals surface area contributed by atoms with Crippen molar-refractivity contribution in [2.45, 2.75) is 0 Å². The van der Waals surface area contributed by atoms with Crippen molar-refractivity contribution in [3.05, 3.63) is 21.6 Å². The van der Waals surface area contributed by atoms with Crippen LogP contribution in [0.25, 0.3) is 0 Å². The van der Waals surface area contributed by atoms with E-state index in [0.717, 1.165) is 41.0 Å². The average Bonchev–Trinajstić information content (AvgIpc) is 3.00. The summed E-state index contributed by atoms with van der Waals surface area (Å²) >= 11 is 6.79. The number of anilines is 2. The minimum atomic E-state index is 0.930. The number of hydrogen-bond donors (Lipinski definition) is 0. The van der Waals surface area contributed by atoms with Crippen LogP contribution in [0.3, 0.4) is 0 Å². The molecule has 0 N–H and O–H groups in total. The molecule has 1 fully saturated rings. The maximum atomic E-state index is 4.45. The first kappa shape index (κ1) is 11.4. The van der Waals surface area contributed by atoms with Gasteiger partial charge in [-0.2, -0.15) is 0 Å². The fourth-order valence-electron chi connectivity index (χ4n) is 1.85. The molecule has 0 spiro atoms. The lowest BCUT2D eigenvalue weighted by Crippen LogP contribution is -2.46. The molecule has 2 aromatic heterocycles. The highest BCUT2D eigenvalue weighted by molar-refractivity contribution is 9.10. The van der Waals surface area contributed by atoms with Crippen molar-refractivity contribution in [3.8, 4) is 0 Å². The summed E-state index contributed by atoms with van der Waals surface area (Å²) in [6.07, 6.45) is 1.87. The molecule has 7 heteroatoms. The van der Waals surface area contributed by atoms with Gasteiger partial charge in [-0.3, -0.25) is 0 Å². The summed E-state index contributed by atoms with van der Waals surface area (Å²) in [6, 6.07) is 0. The van der Waals surface area contributed by atoms with Crippen molar-refractivity contribution in [2.75, 3.05) is 36.0 Å². The topological polar surface area (TPSA) is 32.3 Å². The van der Waals surface area contributed by atoms with E-state index in [4.69, 9.17) is 0 Å². The summed E-state index contributed by atoms with van der Waals surface area (Å²) in [5.41, 5.74) is 0. The van der Waals surface area contributed by atoms with Crippen LogP contribution in [0.2, 0.25) is 0 Å². The van der Waals surface area contributed by atoms with Crippen LogP contribution in [0.15, 0.2) is 21.6 Å². The molecule has 2 aromatic rings. The molecule has 17 heavy (non-hydrogen) atoms. The van der Waals surface area contributed by atoms with E-state index in [1.807, 2.05) is 17.0 Å². The van der Waals surface area contributed by atoms with E-state index in [0.29, 0.717) is 0 Å². The van der Waals surface area contributed by atoms with Gasteiger partial charge in [-0.15, -0.1) is 22.7 Å². The van der Waals surface area contributed by atoms with Crippen LogP contribution in [-0.2, 0) is 0 Å². The van der Waals surface area contributed by atoms with Crippen molar-refractivity contribution in [1.29, 1.82) is 0 Å². The van der Waals surface area contributed by atoms with E-state index in [9.17, 15) is 0 Å². The molecule has 0 aliphatic carbocycles. The Morgan fingerprint density at radius 1 is 1.06 bits per heavy atom. The van der Waals surface area contributed by atoms with Crippen LogP contribution in [0.5, 0.6) is 0 Å². The number of hydrogen-bond acceptors (Lipinski definition) is 6. The van der Waals surface area contributed by atoms with E-state index in [1.165, 1.54) is 0 Å². The largest absolute Gasteiger partial charge is 0.345 e. The number of aromatic nitrogens is 2. The molecule has 90 valence electrons. The lowest BCUT2D eigenvalue weighted by atomic mass is 10.3. The Bertz CT molecular complexity index is 476. The average molecular weight is 331 g/mol. The first-order valence-electron chi connectivity index (χ1n) is 5.33. The second kappa shape index (κ2) is 4.91. The summed E-state index contributed by atoms with van der Waals surface area (Å²) in [7, 11) is 0. The molecular weight excluding hydrogens is 320 g/mol. The van der Waals surface area contributed by atoms with Gasteiger partial charge in [-0.1, -0.05) is 0 Å². The summed E-state index contributed by atoms with van der Waals surface area (Å²) < 4.78 is 0.930. The smallest absolute Gasteiger partial charge is 0.186 e. The third kappa shape index (κ3) is 2.46. The van der Waals surface area contributed by atoms with Gasteiger partial charge >= 0.3 is 0 Å². The molecule has 0 unspecified atom stereocenters. The molecule has 0 saturated carbocycles. The Kier molecular flexibility index (Phi) is 3.30. The SMILES string of the molecule is Brc1csc(N2CCN(c3nccs3)CC2)n1. The van der Waals surface area contributed by atoms with Crippen LogP contribution in [0.1, 0.15) is 0 Å². The van der Waals surface area contributed by atoms with Crippen LogP contribution < -0.4 is 9.80 Å². The highest BCUT2D eigenvalue weighted by Gasteiger charge is 2.20. The molecule has 1 saturated heterocycles. The number of thiazole rings is 2. The second-order valence-corrected chi connectivity index (χ2v) is 6.26. The summed E-state index contributed by atoms with van der Waals surface area (Å²) in [4.78, 5) is 13.5. The van der Waals surface area contributed by atoms with Gasteiger partial charge in [0.1, 0.15) is 4.60 Å². The van der Waals surface area contributed by atoms with Crippen molar-refractivity contribution in [3.63, 3.8) is 0 Å². The van der Waals surface area contributed by atoms with Crippen molar-refractivity contribution in [1.82, 2.24) is 9.97 Å². The molecule has 0 atom stereocenters. The van der Waals surface area contributed by atoms with Gasteiger partial charge in [-0.25, -0.2) is 9.97 Å². The van der Waals surface area contributed by atoms with Gasteiger partial charge in [0.05, 0.1) is 0 Å². The fourth-order valence-corrected chi connectivity index (χ4v) is 3.85. The lowest BCUT2D eigenvalue weighted by Gasteiger charge is -2.34. The fraction of sp³-hybridized carbons (Fsp3) is 0.400. The zero-order valence-electron chi connectivity index (χ0n) is 9.04. The number of halogens is 1. The maximum Gasteiger partial charge on any atom is 0.186 e. The Hall–Kier alpha value is -0.660. The number of nitrogens with zero attached hydrogens (tertiary/aromatic N) is 4. The summed E-state index contributed by atoms with van der Waals surface area (Å²) in [6.45, 7) is 4.06. The van der Waals surface area contributed by atoms with Gasteiger partial charge in [0.2, 0.25) is 0 Å². The summed E-state index contributed by atoms with van der Waals surface area (Å²) in [5.74, 6) is 0. The van der Waals surface area contributed by atoms with Crippen molar-refractivity contribution >= 4 is 48.9 Å². The standard InChI is InChI=1S/C10H11BrN4S2/c11-8-7-17-10(13-8)15-4-2-14(3-5-15)9-12-1-6-16-9/h1,6-7H,2-5H2. The van der Waals surface area contributed by atoms with Gasteiger partial charge in [0.25, 0.3) is 0 Å². The Balaban J connectivity index is 1.64. The minimum absolute atomic E-state index is 0.930. The van der Waals surface area contributed by atoms with Crippen molar-refractivity contribution in [2.24, 2.45) is 0 Å². The molecule has 0 amide bonds. The van der Waals surface area contributed by atoms with Crippen LogP contribution in [0, 0.1) is 0 Å². The highest BCUT2D eigenvalue weighted by atomic mass is 79.9. The quantitative estimate of drug-likeness (QED) is 0.847. The van der Waals surface area contributed by atoms with Gasteiger partial charge in [0, 0.05) is 43.1 Å². The van der Waals surface area contributed by atoms with Gasteiger partial charge in [-0.05, 0) is 15.9 Å². The normalized spacial score (nSPS) is 16.5. The Morgan fingerprint density at radius 2 is 1.76 bits per heavy atom. The van der Waals surface area contributed by atoms with Gasteiger partial charge < -0.3 is 9.80 Å². The zero-order valence-corrected chi connectivity index (χ0v) is 12.3. The molecule has 1 aliphatic heterocycles. The molecular formula is C10H11BrN4S2. The monoisotopic (exact) mass is 330 g/mol. The highest BCUT2D eigenvalue weighted by Crippen LogP contribution is 2.26. The molecule has 3 heterocycles. The third-order valence-electron chi connectivity index (χ3n) is 2.70. The van der Waals surface area contributed by atoms with E-state index in [2.05, 4.69) is 35.7 Å². The third-order valence-corrected chi connectivity index (χ3v) is 5.15. The van der Waals surface area contributed by atoms with Crippen LogP contribution in [-0.4, -0.2) is 36.1 Å². The van der Waals surface area contributed by atoms with Gasteiger partial charge in [0.15, 0.2) is 10.3 Å². The second-order valence-electron chi connectivity index (χ2n) is 3.74. The van der Waals surface area contributed by atoms with Crippen molar-refractivity contribution < 1.29 is 0 Å². The Labute approximate surface area is 116 Å². The predicted molar refractivity (Wildman–Crippen MR) is 76.4 cm³/mol. The van der Waals surface area contributed by atoms with E-state index in [1.54, 1.807) is 22.7 Å². The number of rotatable bonds is 2. The maximum absolute atomic E-state index is 4.45. The van der Waals surface area contributed by atoms with Crippen LogP contribution >= 0.6 is 38.6 Å². The van der Waals surface area contributed by atoms with E-state index >= 15 is 0 Å². The summed E-state index contributed by atoms with van der Waals surface area (Å²) in [5, 5.41) is 6.29.